The highest BCUT2D eigenvalue weighted by Gasteiger charge is 2.55. The second-order valence-corrected chi connectivity index (χ2v) is 10.4. The molecule has 0 bridgehead atoms. The molecule has 28 heavy (non-hydrogen) atoms. The van der Waals surface area contributed by atoms with E-state index in [-0.39, 0.29) is 22.8 Å². The van der Waals surface area contributed by atoms with Gasteiger partial charge in [-0.25, -0.2) is 21.1 Å². The van der Waals surface area contributed by atoms with Crippen LogP contribution in [0.25, 0.3) is 0 Å². The van der Waals surface area contributed by atoms with E-state index in [2.05, 4.69) is 0 Å². The van der Waals surface area contributed by atoms with Crippen molar-refractivity contribution in [1.29, 1.82) is 0 Å². The average Bonchev–Trinajstić information content (AvgIpc) is 3.13. The highest BCUT2D eigenvalue weighted by Crippen LogP contribution is 2.42. The quantitative estimate of drug-likeness (QED) is 0.487. The molecule has 0 N–H and O–H groups in total. The first-order valence-corrected chi connectivity index (χ1v) is 11.8. The van der Waals surface area contributed by atoms with Crippen LogP contribution in [0.3, 0.4) is 0 Å². The van der Waals surface area contributed by atoms with E-state index in [0.717, 1.165) is 34.8 Å². The third kappa shape index (κ3) is 3.20. The molecule has 12 heteroatoms. The number of hydrogen-bond acceptors (Lipinski definition) is 7. The minimum atomic E-state index is -4.09. The monoisotopic (exact) mass is 429 g/mol. The average molecular weight is 429 g/mol. The number of nitro benzene ring substituents is 1. The van der Waals surface area contributed by atoms with E-state index in [0.29, 0.717) is 17.1 Å². The Morgan fingerprint density at radius 1 is 1.18 bits per heavy atom. The van der Waals surface area contributed by atoms with Gasteiger partial charge in [0, 0.05) is 18.7 Å². The lowest BCUT2D eigenvalue weighted by Crippen LogP contribution is -2.41. The van der Waals surface area contributed by atoms with Crippen LogP contribution in [0.4, 0.5) is 5.69 Å². The molecule has 2 aliphatic rings. The van der Waals surface area contributed by atoms with Crippen molar-refractivity contribution in [1.82, 2.24) is 8.61 Å². The minimum Gasteiger partial charge on any atom is -0.273 e. The van der Waals surface area contributed by atoms with E-state index in [1.807, 2.05) is 6.92 Å². The van der Waals surface area contributed by atoms with Gasteiger partial charge in [-0.2, -0.15) is 4.31 Å². The van der Waals surface area contributed by atoms with Crippen LogP contribution in [-0.2, 0) is 24.8 Å². The molecule has 10 nitrogen and oxygen atoms in total. The van der Waals surface area contributed by atoms with Crippen molar-refractivity contribution in [3.05, 3.63) is 46.2 Å². The molecule has 152 valence electrons. The second kappa shape index (κ2) is 6.94. The van der Waals surface area contributed by atoms with Gasteiger partial charge >= 0.3 is 0 Å². The Morgan fingerprint density at radius 3 is 2.29 bits per heavy atom. The summed E-state index contributed by atoms with van der Waals surface area (Å²) >= 11 is 0. The molecular formula is C16H19N3O7S2. The molecule has 0 unspecified atom stereocenters. The van der Waals surface area contributed by atoms with Gasteiger partial charge in [0.2, 0.25) is 26.0 Å². The number of hydrogen-bond donors (Lipinski definition) is 0. The Bertz CT molecular complexity index is 1060. The number of non-ortho nitro benzene ring substituents is 1. The van der Waals surface area contributed by atoms with Gasteiger partial charge in [0.15, 0.2) is 0 Å². The van der Waals surface area contributed by atoms with Crippen LogP contribution in [0.2, 0.25) is 0 Å². The Balaban J connectivity index is 2.02. The Hall–Kier alpha value is -2.31. The number of fused-ring (bicyclic) bond motifs is 1. The first kappa shape index (κ1) is 20.4. The maximum absolute atomic E-state index is 13.1. The topological polar surface area (TPSA) is 135 Å². The molecule has 1 fully saturated rings. The molecule has 1 aromatic rings. The molecule has 1 saturated heterocycles. The summed E-state index contributed by atoms with van der Waals surface area (Å²) in [5, 5.41) is 10.8. The van der Waals surface area contributed by atoms with Crippen molar-refractivity contribution in [2.45, 2.75) is 30.7 Å². The molecule has 0 aromatic heterocycles. The summed E-state index contributed by atoms with van der Waals surface area (Å²) in [6.45, 7) is 1.74. The SMILES string of the molecule is CCC[C@H]1C(=O)N(S(C)(=O)=O)C2=CCN(S(=O)(=O)c3ccc([N+](=O)[O-])cc3)[C@@H]21. The predicted octanol–water partition coefficient (Wildman–Crippen LogP) is 1.07. The van der Waals surface area contributed by atoms with Gasteiger partial charge in [0.05, 0.1) is 33.7 Å². The van der Waals surface area contributed by atoms with Crippen molar-refractivity contribution >= 4 is 31.6 Å². The van der Waals surface area contributed by atoms with Gasteiger partial charge in [-0.3, -0.25) is 14.9 Å². The maximum atomic E-state index is 13.1. The summed E-state index contributed by atoms with van der Waals surface area (Å²) in [5.41, 5.74) is -0.0984. The summed E-state index contributed by atoms with van der Waals surface area (Å²) in [4.78, 5) is 22.7. The molecule has 1 aromatic carbocycles. The molecule has 2 heterocycles. The van der Waals surface area contributed by atoms with E-state index in [1.165, 1.54) is 6.08 Å². The fourth-order valence-corrected chi connectivity index (χ4v) is 6.26. The number of carbonyl (C=O) groups excluding carboxylic acids is 1. The molecule has 0 saturated carbocycles. The van der Waals surface area contributed by atoms with Crippen LogP contribution >= 0.6 is 0 Å². The molecule has 0 spiro atoms. The first-order valence-electron chi connectivity index (χ1n) is 8.50. The summed E-state index contributed by atoms with van der Waals surface area (Å²) < 4.78 is 52.2. The number of rotatable bonds is 6. The zero-order valence-electron chi connectivity index (χ0n) is 15.2. The summed E-state index contributed by atoms with van der Waals surface area (Å²) in [7, 11) is -7.98. The lowest BCUT2D eigenvalue weighted by molar-refractivity contribution is -0.384. The molecule has 2 aliphatic heterocycles. The van der Waals surface area contributed by atoms with Gasteiger partial charge in [-0.15, -0.1) is 0 Å². The smallest absolute Gasteiger partial charge is 0.269 e. The summed E-state index contributed by atoms with van der Waals surface area (Å²) in [6, 6.07) is 3.52. The molecular weight excluding hydrogens is 410 g/mol. The van der Waals surface area contributed by atoms with E-state index in [9.17, 15) is 31.7 Å². The molecule has 0 aliphatic carbocycles. The lowest BCUT2D eigenvalue weighted by Gasteiger charge is -2.26. The van der Waals surface area contributed by atoms with Crippen molar-refractivity contribution in [3.8, 4) is 0 Å². The highest BCUT2D eigenvalue weighted by atomic mass is 32.2. The summed E-state index contributed by atoms with van der Waals surface area (Å²) in [5.74, 6) is -1.44. The Labute approximate surface area is 162 Å². The number of carbonyl (C=O) groups is 1. The standard InChI is InChI=1S/C16H19N3O7S2/c1-3-4-13-15-14(18(16(13)20)27(2,23)24)9-10-17(15)28(25,26)12-7-5-11(6-8-12)19(21)22/h5-9,13,15H,3-4,10H2,1-2H3/t13-,15-/m1/s1. The van der Waals surface area contributed by atoms with Crippen molar-refractivity contribution < 1.29 is 26.6 Å². The predicted molar refractivity (Wildman–Crippen MR) is 98.9 cm³/mol. The molecule has 3 rings (SSSR count). The molecule has 0 radical (unpaired) electrons. The van der Waals surface area contributed by atoms with E-state index in [4.69, 9.17) is 0 Å². The number of nitro groups is 1. The number of benzene rings is 1. The normalized spacial score (nSPS) is 23.0. The molecule has 1 amide bonds. The minimum absolute atomic E-state index is 0.0845. The van der Waals surface area contributed by atoms with Crippen LogP contribution in [0.15, 0.2) is 40.9 Å². The van der Waals surface area contributed by atoms with Gasteiger partial charge in [-0.1, -0.05) is 13.3 Å². The largest absolute Gasteiger partial charge is 0.273 e. The number of nitrogens with zero attached hydrogens (tertiary/aromatic N) is 3. The third-order valence-electron chi connectivity index (χ3n) is 4.81. The van der Waals surface area contributed by atoms with Gasteiger partial charge in [-0.05, 0) is 24.6 Å². The number of sulfonamides is 2. The third-order valence-corrected chi connectivity index (χ3v) is 7.73. The fraction of sp³-hybridized carbons (Fsp3) is 0.438. The zero-order valence-corrected chi connectivity index (χ0v) is 16.8. The van der Waals surface area contributed by atoms with Crippen molar-refractivity contribution in [2.24, 2.45) is 5.92 Å². The van der Waals surface area contributed by atoms with Gasteiger partial charge in [0.1, 0.15) is 0 Å². The highest BCUT2D eigenvalue weighted by molar-refractivity contribution is 7.89. The summed E-state index contributed by atoms with van der Waals surface area (Å²) in [6.07, 6.45) is 3.25. The maximum Gasteiger partial charge on any atom is 0.269 e. The van der Waals surface area contributed by atoms with Crippen molar-refractivity contribution in [3.63, 3.8) is 0 Å². The molecule has 2 atom stereocenters. The lowest BCUT2D eigenvalue weighted by atomic mass is 9.97. The van der Waals surface area contributed by atoms with E-state index < -0.39 is 42.8 Å². The van der Waals surface area contributed by atoms with Crippen LogP contribution < -0.4 is 0 Å². The Kier molecular flexibility index (Phi) is 5.06. The fourth-order valence-electron chi connectivity index (χ4n) is 3.66. The van der Waals surface area contributed by atoms with Crippen LogP contribution in [-0.4, -0.2) is 55.1 Å². The second-order valence-electron chi connectivity index (χ2n) is 6.66. The first-order chi connectivity index (χ1) is 13.0. The van der Waals surface area contributed by atoms with Crippen LogP contribution in [0, 0.1) is 16.0 Å². The number of amides is 1. The van der Waals surface area contributed by atoms with Crippen LogP contribution in [0.1, 0.15) is 19.8 Å². The van der Waals surface area contributed by atoms with E-state index >= 15 is 0 Å². The Morgan fingerprint density at radius 2 is 1.79 bits per heavy atom. The van der Waals surface area contributed by atoms with Gasteiger partial charge < -0.3 is 0 Å². The zero-order chi connectivity index (χ0) is 20.9. The van der Waals surface area contributed by atoms with Crippen LogP contribution in [0.5, 0.6) is 0 Å². The van der Waals surface area contributed by atoms with E-state index in [1.54, 1.807) is 0 Å². The van der Waals surface area contributed by atoms with Crippen molar-refractivity contribution in [2.75, 3.05) is 12.8 Å². The van der Waals surface area contributed by atoms with Gasteiger partial charge in [0.25, 0.3) is 5.69 Å².